The summed E-state index contributed by atoms with van der Waals surface area (Å²) in [6.07, 6.45) is 1.06. The Morgan fingerprint density at radius 3 is 2.40 bits per heavy atom. The fraction of sp³-hybridized carbons (Fsp3) is 0.818. The van der Waals surface area contributed by atoms with Crippen LogP contribution in [0, 0.1) is 11.8 Å². The van der Waals surface area contributed by atoms with Crippen LogP contribution < -0.4 is 0 Å². The number of hydrogen-bond donors (Lipinski definition) is 0. The van der Waals surface area contributed by atoms with Crippen LogP contribution in [0.25, 0.3) is 0 Å². The Labute approximate surface area is 89.9 Å². The van der Waals surface area contributed by atoms with E-state index in [0.29, 0.717) is 6.42 Å². The van der Waals surface area contributed by atoms with E-state index in [4.69, 9.17) is 4.74 Å². The summed E-state index contributed by atoms with van der Waals surface area (Å²) in [6, 6.07) is 0. The van der Waals surface area contributed by atoms with Gasteiger partial charge in [-0.3, -0.25) is 9.59 Å². The van der Waals surface area contributed by atoms with Crippen LogP contribution in [0.4, 0.5) is 0 Å². The van der Waals surface area contributed by atoms with Crippen molar-refractivity contribution in [3.63, 3.8) is 0 Å². The van der Waals surface area contributed by atoms with Gasteiger partial charge in [0.15, 0.2) is 0 Å². The quantitative estimate of drug-likeness (QED) is 0.668. The molecule has 1 rings (SSSR count). The molecule has 0 bridgehead atoms. The minimum atomic E-state index is -0.449. The summed E-state index contributed by atoms with van der Waals surface area (Å²) in [7, 11) is 1.35. The topological polar surface area (TPSA) is 52.6 Å². The Morgan fingerprint density at radius 2 is 1.93 bits per heavy atom. The van der Waals surface area contributed by atoms with Gasteiger partial charge in [0.1, 0.15) is 5.60 Å². The predicted molar refractivity (Wildman–Crippen MR) is 54.1 cm³/mol. The van der Waals surface area contributed by atoms with Crippen LogP contribution in [0.5, 0.6) is 0 Å². The van der Waals surface area contributed by atoms with Crippen LogP contribution in [-0.2, 0) is 19.1 Å². The summed E-state index contributed by atoms with van der Waals surface area (Å²) < 4.78 is 9.75. The molecule has 1 aliphatic rings. The largest absolute Gasteiger partial charge is 0.469 e. The van der Waals surface area contributed by atoms with Crippen LogP contribution in [0.2, 0.25) is 0 Å². The molecule has 1 saturated carbocycles. The molecule has 0 unspecified atom stereocenters. The zero-order valence-electron chi connectivity index (χ0n) is 9.70. The van der Waals surface area contributed by atoms with E-state index >= 15 is 0 Å². The molecule has 1 aliphatic carbocycles. The zero-order chi connectivity index (χ0) is 11.6. The van der Waals surface area contributed by atoms with E-state index in [0.717, 1.165) is 6.42 Å². The SMILES string of the molecule is COC(=O)C[C@H]1C[C@@H]1C(=O)OC(C)(C)C. The van der Waals surface area contributed by atoms with E-state index in [-0.39, 0.29) is 23.8 Å². The second-order valence-corrected chi connectivity index (χ2v) is 4.92. The maximum absolute atomic E-state index is 11.5. The minimum absolute atomic E-state index is 0.108. The molecule has 15 heavy (non-hydrogen) atoms. The van der Waals surface area contributed by atoms with E-state index in [1.165, 1.54) is 7.11 Å². The molecule has 2 atom stereocenters. The van der Waals surface area contributed by atoms with Crippen LogP contribution >= 0.6 is 0 Å². The fourth-order valence-electron chi connectivity index (χ4n) is 1.44. The average Bonchev–Trinajstić information content (AvgIpc) is 2.80. The predicted octanol–water partition coefficient (Wildman–Crippen LogP) is 1.53. The number of esters is 2. The zero-order valence-corrected chi connectivity index (χ0v) is 9.70. The Balaban J connectivity index is 2.31. The number of carbonyl (C=O) groups excluding carboxylic acids is 2. The van der Waals surface area contributed by atoms with Crippen LogP contribution in [-0.4, -0.2) is 24.6 Å². The van der Waals surface area contributed by atoms with E-state index < -0.39 is 5.60 Å². The molecule has 0 heterocycles. The molecule has 4 heteroatoms. The number of ether oxygens (including phenoxy) is 2. The minimum Gasteiger partial charge on any atom is -0.469 e. The van der Waals surface area contributed by atoms with E-state index in [1.807, 2.05) is 20.8 Å². The number of hydrogen-bond acceptors (Lipinski definition) is 4. The Morgan fingerprint density at radius 1 is 1.33 bits per heavy atom. The van der Waals surface area contributed by atoms with E-state index in [1.54, 1.807) is 0 Å². The monoisotopic (exact) mass is 214 g/mol. The van der Waals surface area contributed by atoms with Crippen molar-refractivity contribution in [1.29, 1.82) is 0 Å². The van der Waals surface area contributed by atoms with Crippen molar-refractivity contribution in [2.24, 2.45) is 11.8 Å². The van der Waals surface area contributed by atoms with Gasteiger partial charge >= 0.3 is 11.9 Å². The highest BCUT2D eigenvalue weighted by Crippen LogP contribution is 2.42. The molecular formula is C11H18O4. The van der Waals surface area contributed by atoms with Crippen LogP contribution in [0.1, 0.15) is 33.6 Å². The van der Waals surface area contributed by atoms with Gasteiger partial charge in [0.05, 0.1) is 13.0 Å². The summed E-state index contributed by atoms with van der Waals surface area (Å²) in [5, 5.41) is 0. The molecule has 0 aliphatic heterocycles. The van der Waals surface area contributed by atoms with Crippen molar-refractivity contribution in [2.45, 2.75) is 39.2 Å². The summed E-state index contributed by atoms with van der Waals surface area (Å²) in [5.41, 5.74) is -0.449. The van der Waals surface area contributed by atoms with Gasteiger partial charge in [0.2, 0.25) is 0 Å². The first kappa shape index (κ1) is 12.0. The third-order valence-corrected chi connectivity index (χ3v) is 2.29. The molecule has 1 fully saturated rings. The lowest BCUT2D eigenvalue weighted by atomic mass is 10.2. The molecule has 0 amide bonds. The molecule has 0 N–H and O–H groups in total. The Hall–Kier alpha value is -1.06. The third-order valence-electron chi connectivity index (χ3n) is 2.29. The maximum atomic E-state index is 11.5. The average molecular weight is 214 g/mol. The lowest BCUT2D eigenvalue weighted by Crippen LogP contribution is -2.25. The summed E-state index contributed by atoms with van der Waals surface area (Å²) in [4.78, 5) is 22.5. The smallest absolute Gasteiger partial charge is 0.309 e. The van der Waals surface area contributed by atoms with Gasteiger partial charge < -0.3 is 9.47 Å². The van der Waals surface area contributed by atoms with Gasteiger partial charge in [-0.25, -0.2) is 0 Å². The van der Waals surface area contributed by atoms with Gasteiger partial charge in [0.25, 0.3) is 0 Å². The summed E-state index contributed by atoms with van der Waals surface area (Å²) >= 11 is 0. The number of rotatable bonds is 3. The number of carbonyl (C=O) groups is 2. The molecule has 0 spiro atoms. The molecule has 0 aromatic rings. The highest BCUT2D eigenvalue weighted by molar-refractivity contribution is 5.78. The lowest BCUT2D eigenvalue weighted by Gasteiger charge is -2.19. The molecular weight excluding hydrogens is 196 g/mol. The normalized spacial score (nSPS) is 24.5. The Bertz CT molecular complexity index is 264. The molecule has 0 radical (unpaired) electrons. The maximum Gasteiger partial charge on any atom is 0.309 e. The first-order valence-electron chi connectivity index (χ1n) is 5.13. The van der Waals surface area contributed by atoms with E-state index in [2.05, 4.69) is 4.74 Å². The standard InChI is InChI=1S/C11H18O4/c1-11(2,3)15-10(13)8-5-7(8)6-9(12)14-4/h7-8H,5-6H2,1-4H3/t7-,8+/m1/s1. The van der Waals surface area contributed by atoms with Crippen molar-refractivity contribution in [3.8, 4) is 0 Å². The second-order valence-electron chi connectivity index (χ2n) is 4.92. The van der Waals surface area contributed by atoms with Gasteiger partial charge in [-0.1, -0.05) is 0 Å². The second kappa shape index (κ2) is 4.21. The van der Waals surface area contributed by atoms with E-state index in [9.17, 15) is 9.59 Å². The van der Waals surface area contributed by atoms with Crippen LogP contribution in [0.3, 0.4) is 0 Å². The summed E-state index contributed by atoms with van der Waals surface area (Å²) in [6.45, 7) is 5.51. The van der Waals surface area contributed by atoms with Crippen molar-refractivity contribution >= 4 is 11.9 Å². The molecule has 0 aromatic heterocycles. The van der Waals surface area contributed by atoms with Gasteiger partial charge in [-0.2, -0.15) is 0 Å². The first-order valence-corrected chi connectivity index (χ1v) is 5.13. The van der Waals surface area contributed by atoms with Crippen molar-refractivity contribution < 1.29 is 19.1 Å². The Kier molecular flexibility index (Phi) is 3.37. The molecule has 4 nitrogen and oxygen atoms in total. The highest BCUT2D eigenvalue weighted by Gasteiger charge is 2.46. The summed E-state index contributed by atoms with van der Waals surface area (Å²) in [5.74, 6) is -0.446. The van der Waals surface area contributed by atoms with Crippen molar-refractivity contribution in [2.75, 3.05) is 7.11 Å². The van der Waals surface area contributed by atoms with Gasteiger partial charge in [-0.05, 0) is 33.1 Å². The fourth-order valence-corrected chi connectivity index (χ4v) is 1.44. The van der Waals surface area contributed by atoms with Gasteiger partial charge in [0, 0.05) is 6.42 Å². The lowest BCUT2D eigenvalue weighted by molar-refractivity contribution is -0.156. The highest BCUT2D eigenvalue weighted by atomic mass is 16.6. The van der Waals surface area contributed by atoms with Crippen LogP contribution in [0.15, 0.2) is 0 Å². The molecule has 0 saturated heterocycles. The third kappa shape index (κ3) is 3.90. The van der Waals surface area contributed by atoms with Gasteiger partial charge in [-0.15, -0.1) is 0 Å². The van der Waals surface area contributed by atoms with Crippen molar-refractivity contribution in [3.05, 3.63) is 0 Å². The molecule has 86 valence electrons. The molecule has 0 aromatic carbocycles. The first-order chi connectivity index (χ1) is 6.83. The van der Waals surface area contributed by atoms with Crippen molar-refractivity contribution in [1.82, 2.24) is 0 Å². The number of methoxy groups -OCH3 is 1.